The summed E-state index contributed by atoms with van der Waals surface area (Å²) in [5.41, 5.74) is 0.216. The summed E-state index contributed by atoms with van der Waals surface area (Å²) in [5, 5.41) is 3.47. The lowest BCUT2D eigenvalue weighted by atomic mass is 9.70. The summed E-state index contributed by atoms with van der Waals surface area (Å²) >= 11 is 0. The molecule has 2 aliphatic heterocycles. The molecule has 0 aromatic rings. The molecule has 0 bridgehead atoms. The molecule has 0 aromatic heterocycles. The molecule has 1 saturated carbocycles. The zero-order chi connectivity index (χ0) is 12.4. The zero-order valence-corrected chi connectivity index (χ0v) is 11.3. The minimum atomic E-state index is 0.212. The van der Waals surface area contributed by atoms with E-state index >= 15 is 0 Å². The van der Waals surface area contributed by atoms with Gasteiger partial charge in [-0.25, -0.2) is 0 Å². The fourth-order valence-corrected chi connectivity index (χ4v) is 3.73. The van der Waals surface area contributed by atoms with Crippen LogP contribution in [0.15, 0.2) is 0 Å². The second-order valence-corrected chi connectivity index (χ2v) is 5.94. The number of likely N-dealkylation sites (N-methyl/N-ethyl adjacent to an activating group) is 1. The molecule has 4 heteroatoms. The van der Waals surface area contributed by atoms with Gasteiger partial charge >= 0.3 is 0 Å². The number of nitrogens with one attached hydrogen (secondary N) is 1. The number of hydrogen-bond acceptors (Lipinski definition) is 4. The molecule has 0 radical (unpaired) electrons. The Morgan fingerprint density at radius 2 is 2.11 bits per heavy atom. The van der Waals surface area contributed by atoms with Crippen molar-refractivity contribution in [1.82, 2.24) is 5.32 Å². The number of rotatable bonds is 3. The van der Waals surface area contributed by atoms with Crippen molar-refractivity contribution < 1.29 is 14.2 Å². The third-order valence-electron chi connectivity index (χ3n) is 4.88. The van der Waals surface area contributed by atoms with Crippen molar-refractivity contribution in [2.75, 3.05) is 33.5 Å². The monoisotopic (exact) mass is 255 g/mol. The minimum absolute atomic E-state index is 0.212. The van der Waals surface area contributed by atoms with Crippen LogP contribution < -0.4 is 5.32 Å². The van der Waals surface area contributed by atoms with Gasteiger partial charge in [-0.3, -0.25) is 0 Å². The number of hydrogen-bond donors (Lipinski definition) is 1. The van der Waals surface area contributed by atoms with Crippen LogP contribution in [0.4, 0.5) is 0 Å². The molecule has 3 aliphatic rings. The molecule has 4 nitrogen and oxygen atoms in total. The first-order valence-electron chi connectivity index (χ1n) is 7.34. The van der Waals surface area contributed by atoms with E-state index in [2.05, 4.69) is 5.32 Å². The highest BCUT2D eigenvalue weighted by atomic mass is 16.6. The quantitative estimate of drug-likeness (QED) is 0.826. The van der Waals surface area contributed by atoms with Crippen molar-refractivity contribution in [2.45, 2.75) is 49.9 Å². The maximum absolute atomic E-state index is 6.01. The fourth-order valence-electron chi connectivity index (χ4n) is 3.73. The molecular formula is C14H25NO3. The summed E-state index contributed by atoms with van der Waals surface area (Å²) in [4.78, 5) is 0. The van der Waals surface area contributed by atoms with Gasteiger partial charge in [0, 0.05) is 12.6 Å². The number of ether oxygens (including phenoxy) is 3. The Morgan fingerprint density at radius 1 is 1.22 bits per heavy atom. The highest BCUT2D eigenvalue weighted by Gasteiger charge is 2.45. The maximum atomic E-state index is 6.01. The average molecular weight is 255 g/mol. The van der Waals surface area contributed by atoms with E-state index in [1.165, 1.54) is 25.7 Å². The normalized spacial score (nSPS) is 37.2. The van der Waals surface area contributed by atoms with Crippen LogP contribution in [-0.4, -0.2) is 51.2 Å². The van der Waals surface area contributed by atoms with Crippen LogP contribution in [-0.2, 0) is 14.2 Å². The second-order valence-electron chi connectivity index (χ2n) is 5.94. The van der Waals surface area contributed by atoms with Crippen molar-refractivity contribution in [1.29, 1.82) is 0 Å². The van der Waals surface area contributed by atoms with Crippen LogP contribution in [0.5, 0.6) is 0 Å². The van der Waals surface area contributed by atoms with Crippen LogP contribution in [0.2, 0.25) is 0 Å². The highest BCUT2D eigenvalue weighted by Crippen LogP contribution is 2.45. The molecular weight excluding hydrogens is 230 g/mol. The van der Waals surface area contributed by atoms with Crippen molar-refractivity contribution in [3.63, 3.8) is 0 Å². The third-order valence-corrected chi connectivity index (χ3v) is 4.88. The summed E-state index contributed by atoms with van der Waals surface area (Å²) in [6.45, 7) is 3.12. The van der Waals surface area contributed by atoms with Crippen LogP contribution in [0.3, 0.4) is 0 Å². The van der Waals surface area contributed by atoms with Crippen LogP contribution in [0.1, 0.15) is 32.1 Å². The van der Waals surface area contributed by atoms with Crippen molar-refractivity contribution in [3.05, 3.63) is 0 Å². The first kappa shape index (κ1) is 12.9. The molecule has 0 amide bonds. The molecule has 104 valence electrons. The summed E-state index contributed by atoms with van der Waals surface area (Å²) in [7, 11) is 2.05. The highest BCUT2D eigenvalue weighted by molar-refractivity contribution is 4.98. The summed E-state index contributed by atoms with van der Waals surface area (Å²) < 4.78 is 17.4. The van der Waals surface area contributed by atoms with Gasteiger partial charge < -0.3 is 19.5 Å². The van der Waals surface area contributed by atoms with E-state index in [9.17, 15) is 0 Å². The van der Waals surface area contributed by atoms with Gasteiger partial charge in [0.15, 0.2) is 0 Å². The molecule has 1 aliphatic carbocycles. The van der Waals surface area contributed by atoms with E-state index < -0.39 is 0 Å². The molecule has 3 atom stereocenters. The van der Waals surface area contributed by atoms with E-state index in [-0.39, 0.29) is 11.7 Å². The summed E-state index contributed by atoms with van der Waals surface area (Å²) in [6.07, 6.45) is 6.39. The lowest BCUT2D eigenvalue weighted by Crippen LogP contribution is -2.55. The lowest BCUT2D eigenvalue weighted by molar-refractivity contribution is -0.162. The van der Waals surface area contributed by atoms with Gasteiger partial charge in [-0.15, -0.1) is 0 Å². The van der Waals surface area contributed by atoms with Gasteiger partial charge in [0.1, 0.15) is 0 Å². The average Bonchev–Trinajstić information content (AvgIpc) is 2.39. The molecule has 3 unspecified atom stereocenters. The first-order chi connectivity index (χ1) is 8.83. The van der Waals surface area contributed by atoms with E-state index in [0.29, 0.717) is 12.0 Å². The SMILES string of the molecule is CNC(C1CCOC2(CCC2)C1)C1COCCO1. The lowest BCUT2D eigenvalue weighted by Gasteiger charge is -2.49. The van der Waals surface area contributed by atoms with Crippen LogP contribution in [0, 0.1) is 5.92 Å². The second kappa shape index (κ2) is 5.45. The van der Waals surface area contributed by atoms with E-state index in [4.69, 9.17) is 14.2 Å². The predicted molar refractivity (Wildman–Crippen MR) is 68.7 cm³/mol. The van der Waals surface area contributed by atoms with E-state index in [1.54, 1.807) is 0 Å². The third kappa shape index (κ3) is 2.44. The largest absolute Gasteiger partial charge is 0.376 e. The molecule has 0 aromatic carbocycles. The molecule has 2 heterocycles. The predicted octanol–water partition coefficient (Wildman–Crippen LogP) is 1.34. The molecule has 3 fully saturated rings. The molecule has 1 spiro atoms. The van der Waals surface area contributed by atoms with Gasteiger partial charge in [-0.2, -0.15) is 0 Å². The topological polar surface area (TPSA) is 39.7 Å². The van der Waals surface area contributed by atoms with Crippen molar-refractivity contribution >= 4 is 0 Å². The summed E-state index contributed by atoms with van der Waals surface area (Å²) in [6, 6.07) is 0.409. The van der Waals surface area contributed by atoms with Crippen molar-refractivity contribution in [3.8, 4) is 0 Å². The fraction of sp³-hybridized carbons (Fsp3) is 1.00. The Balaban J connectivity index is 1.63. The zero-order valence-electron chi connectivity index (χ0n) is 11.3. The van der Waals surface area contributed by atoms with E-state index in [1.807, 2.05) is 7.05 Å². The molecule has 1 N–H and O–H groups in total. The van der Waals surface area contributed by atoms with Gasteiger partial charge in [-0.05, 0) is 45.1 Å². The maximum Gasteiger partial charge on any atom is 0.0964 e. The van der Waals surface area contributed by atoms with Crippen LogP contribution >= 0.6 is 0 Å². The molecule has 3 rings (SSSR count). The van der Waals surface area contributed by atoms with Gasteiger partial charge in [0.25, 0.3) is 0 Å². The smallest absolute Gasteiger partial charge is 0.0964 e. The Labute approximate surface area is 109 Å². The Hall–Kier alpha value is -0.160. The van der Waals surface area contributed by atoms with Crippen LogP contribution in [0.25, 0.3) is 0 Å². The Morgan fingerprint density at radius 3 is 2.72 bits per heavy atom. The van der Waals surface area contributed by atoms with Gasteiger partial charge in [0.05, 0.1) is 31.5 Å². The molecule has 18 heavy (non-hydrogen) atoms. The minimum Gasteiger partial charge on any atom is -0.376 e. The van der Waals surface area contributed by atoms with Crippen molar-refractivity contribution in [2.24, 2.45) is 5.92 Å². The first-order valence-corrected chi connectivity index (χ1v) is 7.34. The molecule has 2 saturated heterocycles. The van der Waals surface area contributed by atoms with Gasteiger partial charge in [-0.1, -0.05) is 0 Å². The standard InChI is InChI=1S/C14H25NO3/c1-15-13(12-10-16-7-8-17-12)11-3-6-18-14(9-11)4-2-5-14/h11-13,15H,2-10H2,1H3. The van der Waals surface area contributed by atoms with Gasteiger partial charge in [0.2, 0.25) is 0 Å². The summed E-state index contributed by atoms with van der Waals surface area (Å²) in [5.74, 6) is 0.663. The van der Waals surface area contributed by atoms with E-state index in [0.717, 1.165) is 32.8 Å². The Bertz CT molecular complexity index is 274. The Kier molecular flexibility index (Phi) is 3.89.